The lowest BCUT2D eigenvalue weighted by Gasteiger charge is -2.25. The first kappa shape index (κ1) is 12.0. The van der Waals surface area contributed by atoms with Gasteiger partial charge in [0.05, 0.1) is 6.04 Å². The van der Waals surface area contributed by atoms with E-state index in [4.69, 9.17) is 0 Å². The van der Waals surface area contributed by atoms with E-state index < -0.39 is 0 Å². The van der Waals surface area contributed by atoms with Crippen molar-refractivity contribution in [2.45, 2.75) is 32.2 Å². The quantitative estimate of drug-likeness (QED) is 0.827. The average Bonchev–Trinajstić information content (AvgIpc) is 2.85. The Hall–Kier alpha value is -0.450. The number of piperidine rings is 1. The highest BCUT2D eigenvalue weighted by molar-refractivity contribution is 7.09. The van der Waals surface area contributed by atoms with E-state index in [1.54, 1.807) is 11.3 Å². The molecule has 2 heterocycles. The minimum atomic E-state index is 0.446. The third kappa shape index (κ3) is 3.27. The number of hydrogen-bond acceptors (Lipinski definition) is 4. The maximum absolute atomic E-state index is 4.39. The molecule has 0 amide bonds. The maximum Gasteiger partial charge on any atom is 0.109 e. The largest absolute Gasteiger partial charge is 0.316 e. The molecule has 2 rings (SSSR count). The zero-order valence-electron chi connectivity index (χ0n) is 9.91. The zero-order chi connectivity index (χ0) is 11.2. The monoisotopic (exact) mass is 239 g/mol. The lowest BCUT2D eigenvalue weighted by atomic mass is 9.99. The summed E-state index contributed by atoms with van der Waals surface area (Å²) in [7, 11) is 0. The Morgan fingerprint density at radius 1 is 1.69 bits per heavy atom. The fraction of sp³-hybridized carbons (Fsp3) is 0.750. The fourth-order valence-electron chi connectivity index (χ4n) is 2.22. The Labute approximate surface area is 102 Å². The minimum Gasteiger partial charge on any atom is -0.316 e. The smallest absolute Gasteiger partial charge is 0.109 e. The molecule has 90 valence electrons. The maximum atomic E-state index is 4.39. The molecule has 1 aliphatic heterocycles. The number of rotatable bonds is 5. The molecule has 2 unspecified atom stereocenters. The van der Waals surface area contributed by atoms with E-state index in [2.05, 4.69) is 27.9 Å². The van der Waals surface area contributed by atoms with Crippen LogP contribution in [0.4, 0.5) is 0 Å². The van der Waals surface area contributed by atoms with Crippen LogP contribution in [0.3, 0.4) is 0 Å². The molecule has 0 saturated carbocycles. The zero-order valence-corrected chi connectivity index (χ0v) is 10.7. The van der Waals surface area contributed by atoms with Gasteiger partial charge in [0.15, 0.2) is 0 Å². The summed E-state index contributed by atoms with van der Waals surface area (Å²) < 4.78 is 0. The van der Waals surface area contributed by atoms with E-state index >= 15 is 0 Å². The van der Waals surface area contributed by atoms with Crippen molar-refractivity contribution >= 4 is 11.3 Å². The number of nitrogens with zero attached hydrogens (tertiary/aromatic N) is 1. The van der Waals surface area contributed by atoms with Crippen LogP contribution < -0.4 is 10.6 Å². The highest BCUT2D eigenvalue weighted by atomic mass is 32.1. The Morgan fingerprint density at radius 3 is 3.25 bits per heavy atom. The first-order valence-corrected chi connectivity index (χ1v) is 7.11. The van der Waals surface area contributed by atoms with Gasteiger partial charge in [-0.15, -0.1) is 11.3 Å². The van der Waals surface area contributed by atoms with Gasteiger partial charge in [-0.2, -0.15) is 0 Å². The number of hydrogen-bond donors (Lipinski definition) is 2. The summed E-state index contributed by atoms with van der Waals surface area (Å²) in [4.78, 5) is 4.39. The Morgan fingerprint density at radius 2 is 2.62 bits per heavy atom. The van der Waals surface area contributed by atoms with Gasteiger partial charge in [0.2, 0.25) is 0 Å². The second-order valence-electron chi connectivity index (χ2n) is 4.45. The summed E-state index contributed by atoms with van der Waals surface area (Å²) in [5, 5.41) is 10.4. The topological polar surface area (TPSA) is 37.0 Å². The van der Waals surface area contributed by atoms with E-state index in [0.717, 1.165) is 18.9 Å². The van der Waals surface area contributed by atoms with Crippen LogP contribution in [0.15, 0.2) is 11.6 Å². The molecule has 1 aromatic heterocycles. The van der Waals surface area contributed by atoms with Crippen molar-refractivity contribution in [3.05, 3.63) is 16.6 Å². The van der Waals surface area contributed by atoms with E-state index in [1.807, 2.05) is 6.20 Å². The third-order valence-corrected chi connectivity index (χ3v) is 4.10. The van der Waals surface area contributed by atoms with Gasteiger partial charge in [-0.05, 0) is 44.8 Å². The standard InChI is InChI=1S/C12H21N3S/c1-2-11(12-14-6-7-16-12)15-9-10-4-3-5-13-8-10/h6-7,10-11,13,15H,2-5,8-9H2,1H3. The first-order chi connectivity index (χ1) is 7.90. The van der Waals surface area contributed by atoms with Gasteiger partial charge in [0.25, 0.3) is 0 Å². The highest BCUT2D eigenvalue weighted by Gasteiger charge is 2.16. The fourth-order valence-corrected chi connectivity index (χ4v) is 3.02. The van der Waals surface area contributed by atoms with Gasteiger partial charge in [0.1, 0.15) is 5.01 Å². The van der Waals surface area contributed by atoms with Crippen molar-refractivity contribution in [2.24, 2.45) is 5.92 Å². The Balaban J connectivity index is 1.78. The van der Waals surface area contributed by atoms with E-state index in [1.165, 1.54) is 30.9 Å². The van der Waals surface area contributed by atoms with Crippen LogP contribution in [0.25, 0.3) is 0 Å². The van der Waals surface area contributed by atoms with Crippen molar-refractivity contribution in [1.29, 1.82) is 0 Å². The van der Waals surface area contributed by atoms with Gasteiger partial charge in [-0.3, -0.25) is 0 Å². The van der Waals surface area contributed by atoms with Gasteiger partial charge in [-0.1, -0.05) is 6.92 Å². The second kappa shape index (κ2) is 6.33. The predicted molar refractivity (Wildman–Crippen MR) is 68.7 cm³/mol. The van der Waals surface area contributed by atoms with Crippen LogP contribution in [-0.4, -0.2) is 24.6 Å². The molecule has 0 aromatic carbocycles. The van der Waals surface area contributed by atoms with Gasteiger partial charge in [0, 0.05) is 11.6 Å². The van der Waals surface area contributed by atoms with Crippen LogP contribution in [0.2, 0.25) is 0 Å². The molecule has 1 saturated heterocycles. The molecule has 0 bridgehead atoms. The minimum absolute atomic E-state index is 0.446. The summed E-state index contributed by atoms with van der Waals surface area (Å²) >= 11 is 1.75. The second-order valence-corrected chi connectivity index (χ2v) is 5.38. The van der Waals surface area contributed by atoms with Crippen molar-refractivity contribution in [2.75, 3.05) is 19.6 Å². The molecular formula is C12H21N3S. The van der Waals surface area contributed by atoms with E-state index in [0.29, 0.717) is 6.04 Å². The summed E-state index contributed by atoms with van der Waals surface area (Å²) in [6.45, 7) is 5.70. The molecule has 0 spiro atoms. The summed E-state index contributed by atoms with van der Waals surface area (Å²) in [5.74, 6) is 0.794. The van der Waals surface area contributed by atoms with Crippen molar-refractivity contribution in [3.8, 4) is 0 Å². The molecule has 2 N–H and O–H groups in total. The molecule has 4 heteroatoms. The number of thiazole rings is 1. The molecular weight excluding hydrogens is 218 g/mol. The Kier molecular flexibility index (Phi) is 4.75. The molecule has 16 heavy (non-hydrogen) atoms. The molecule has 0 radical (unpaired) electrons. The SMILES string of the molecule is CCC(NCC1CCCNC1)c1nccs1. The van der Waals surface area contributed by atoms with Crippen LogP contribution in [0.5, 0.6) is 0 Å². The molecule has 0 aliphatic carbocycles. The lowest BCUT2D eigenvalue weighted by Crippen LogP contribution is -2.37. The van der Waals surface area contributed by atoms with Crippen LogP contribution in [0.1, 0.15) is 37.2 Å². The molecule has 1 aromatic rings. The van der Waals surface area contributed by atoms with E-state index in [-0.39, 0.29) is 0 Å². The molecule has 2 atom stereocenters. The van der Waals surface area contributed by atoms with Crippen LogP contribution >= 0.6 is 11.3 Å². The molecule has 3 nitrogen and oxygen atoms in total. The van der Waals surface area contributed by atoms with Gasteiger partial charge < -0.3 is 10.6 Å². The average molecular weight is 239 g/mol. The summed E-state index contributed by atoms with van der Waals surface area (Å²) in [6, 6.07) is 0.446. The normalized spacial score (nSPS) is 23.2. The predicted octanol–water partition coefficient (Wildman–Crippen LogP) is 2.18. The summed E-state index contributed by atoms with van der Waals surface area (Å²) in [5.41, 5.74) is 0. The Bertz CT molecular complexity index is 280. The number of nitrogens with one attached hydrogen (secondary N) is 2. The lowest BCUT2D eigenvalue weighted by molar-refractivity contribution is 0.341. The summed E-state index contributed by atoms with van der Waals surface area (Å²) in [6.07, 6.45) is 5.69. The van der Waals surface area contributed by atoms with Crippen molar-refractivity contribution in [3.63, 3.8) is 0 Å². The molecule has 1 aliphatic rings. The first-order valence-electron chi connectivity index (χ1n) is 6.23. The third-order valence-electron chi connectivity index (χ3n) is 3.21. The van der Waals surface area contributed by atoms with Crippen molar-refractivity contribution in [1.82, 2.24) is 15.6 Å². The van der Waals surface area contributed by atoms with Crippen LogP contribution in [0, 0.1) is 5.92 Å². The molecule has 1 fully saturated rings. The van der Waals surface area contributed by atoms with Gasteiger partial charge >= 0.3 is 0 Å². The van der Waals surface area contributed by atoms with Crippen molar-refractivity contribution < 1.29 is 0 Å². The van der Waals surface area contributed by atoms with Gasteiger partial charge in [-0.25, -0.2) is 4.98 Å². The number of aromatic nitrogens is 1. The highest BCUT2D eigenvalue weighted by Crippen LogP contribution is 2.19. The van der Waals surface area contributed by atoms with Crippen LogP contribution in [-0.2, 0) is 0 Å². The van der Waals surface area contributed by atoms with E-state index in [9.17, 15) is 0 Å².